The number of halogens is 2. The molecular formula is C22H19BrClN3O2. The number of anilines is 1. The zero-order valence-corrected chi connectivity index (χ0v) is 18.0. The number of nitrogens with one attached hydrogen (secondary N) is 2. The van der Waals surface area contributed by atoms with Crippen molar-refractivity contribution in [1.29, 1.82) is 0 Å². The van der Waals surface area contributed by atoms with Crippen molar-refractivity contribution in [2.45, 2.75) is 13.5 Å². The molecule has 0 fully saturated rings. The minimum Gasteiger partial charge on any atom is -0.488 e. The van der Waals surface area contributed by atoms with Crippen LogP contribution in [0.25, 0.3) is 0 Å². The summed E-state index contributed by atoms with van der Waals surface area (Å²) in [6, 6.07) is 20.1. The molecule has 0 aliphatic heterocycles. The van der Waals surface area contributed by atoms with Gasteiger partial charge in [-0.05, 0) is 54.4 Å². The summed E-state index contributed by atoms with van der Waals surface area (Å²) in [5, 5.41) is 7.47. The lowest BCUT2D eigenvalue weighted by molar-refractivity contribution is 0.252. The van der Waals surface area contributed by atoms with Crippen molar-refractivity contribution in [3.63, 3.8) is 0 Å². The second-order valence-electron chi connectivity index (χ2n) is 6.24. The lowest BCUT2D eigenvalue weighted by Gasteiger charge is -2.10. The molecule has 0 bridgehead atoms. The Morgan fingerprint density at radius 3 is 2.66 bits per heavy atom. The van der Waals surface area contributed by atoms with E-state index in [9.17, 15) is 4.79 Å². The normalized spacial score (nSPS) is 10.7. The molecule has 0 aliphatic carbocycles. The van der Waals surface area contributed by atoms with E-state index in [0.29, 0.717) is 17.4 Å². The van der Waals surface area contributed by atoms with Crippen LogP contribution < -0.4 is 15.5 Å². The average Bonchev–Trinajstić information content (AvgIpc) is 2.70. The number of carbonyl (C=O) groups is 1. The molecule has 3 aromatic rings. The molecular weight excluding hydrogens is 454 g/mol. The van der Waals surface area contributed by atoms with Gasteiger partial charge in [0.05, 0.1) is 6.21 Å². The van der Waals surface area contributed by atoms with Gasteiger partial charge in [-0.25, -0.2) is 10.2 Å². The molecule has 0 aliphatic rings. The number of hydrogen-bond acceptors (Lipinski definition) is 3. The zero-order valence-electron chi connectivity index (χ0n) is 15.7. The van der Waals surface area contributed by atoms with Gasteiger partial charge < -0.3 is 10.1 Å². The number of para-hydroxylation sites is 1. The predicted molar refractivity (Wildman–Crippen MR) is 121 cm³/mol. The molecule has 0 spiro atoms. The van der Waals surface area contributed by atoms with Crippen LogP contribution in [-0.2, 0) is 6.61 Å². The molecule has 148 valence electrons. The van der Waals surface area contributed by atoms with E-state index in [2.05, 4.69) is 31.8 Å². The van der Waals surface area contributed by atoms with Crippen LogP contribution in [0.1, 0.15) is 16.7 Å². The summed E-state index contributed by atoms with van der Waals surface area (Å²) >= 11 is 9.35. The third-order valence-electron chi connectivity index (χ3n) is 4.04. The molecule has 0 saturated carbocycles. The molecule has 0 atom stereocenters. The van der Waals surface area contributed by atoms with E-state index >= 15 is 0 Å². The summed E-state index contributed by atoms with van der Waals surface area (Å²) in [4.78, 5) is 12.1. The van der Waals surface area contributed by atoms with Crippen molar-refractivity contribution in [2.75, 3.05) is 5.32 Å². The van der Waals surface area contributed by atoms with Gasteiger partial charge in [0.1, 0.15) is 12.4 Å². The van der Waals surface area contributed by atoms with E-state index in [0.717, 1.165) is 26.9 Å². The van der Waals surface area contributed by atoms with E-state index in [-0.39, 0.29) is 0 Å². The Labute approximate surface area is 182 Å². The SMILES string of the molecule is Cc1ccccc1NC(=O)NN=Cc1cc(Br)ccc1OCc1ccc(Cl)cc1. The maximum atomic E-state index is 12.1. The third-order valence-corrected chi connectivity index (χ3v) is 4.79. The van der Waals surface area contributed by atoms with Gasteiger partial charge in [0, 0.05) is 20.7 Å². The number of urea groups is 1. The highest BCUT2D eigenvalue weighted by molar-refractivity contribution is 9.10. The molecule has 3 rings (SSSR count). The standard InChI is InChI=1S/C22H19BrClN3O2/c1-15-4-2-3-5-20(15)26-22(28)27-25-13-17-12-18(23)8-11-21(17)29-14-16-6-9-19(24)10-7-16/h2-13H,14H2,1H3,(H2,26,27,28). The first-order valence-electron chi connectivity index (χ1n) is 8.84. The van der Waals surface area contributed by atoms with E-state index in [4.69, 9.17) is 16.3 Å². The van der Waals surface area contributed by atoms with Gasteiger partial charge in [0.15, 0.2) is 0 Å². The topological polar surface area (TPSA) is 62.7 Å². The number of nitrogens with zero attached hydrogens (tertiary/aromatic N) is 1. The van der Waals surface area contributed by atoms with Gasteiger partial charge in [-0.3, -0.25) is 0 Å². The Morgan fingerprint density at radius 1 is 1.14 bits per heavy atom. The molecule has 3 aromatic carbocycles. The average molecular weight is 473 g/mol. The highest BCUT2D eigenvalue weighted by Crippen LogP contribution is 2.23. The number of hydrazone groups is 1. The van der Waals surface area contributed by atoms with Crippen molar-refractivity contribution < 1.29 is 9.53 Å². The van der Waals surface area contributed by atoms with Gasteiger partial charge in [-0.15, -0.1) is 0 Å². The summed E-state index contributed by atoms with van der Waals surface area (Å²) < 4.78 is 6.78. The smallest absolute Gasteiger partial charge is 0.339 e. The highest BCUT2D eigenvalue weighted by atomic mass is 79.9. The summed E-state index contributed by atoms with van der Waals surface area (Å²) in [6.45, 7) is 2.31. The molecule has 0 aromatic heterocycles. The van der Waals surface area contributed by atoms with Crippen LogP contribution in [0.15, 0.2) is 76.3 Å². The number of amides is 2. The Hall–Kier alpha value is -2.83. The molecule has 0 unspecified atom stereocenters. The van der Waals surface area contributed by atoms with E-state index in [1.807, 2.05) is 73.7 Å². The number of aryl methyl sites for hydroxylation is 1. The highest BCUT2D eigenvalue weighted by Gasteiger charge is 2.05. The zero-order chi connectivity index (χ0) is 20.6. The fourth-order valence-electron chi connectivity index (χ4n) is 2.52. The van der Waals surface area contributed by atoms with Gasteiger partial charge in [0.25, 0.3) is 0 Å². The number of ether oxygens (including phenoxy) is 1. The summed E-state index contributed by atoms with van der Waals surface area (Å²) in [6.07, 6.45) is 1.54. The molecule has 0 saturated heterocycles. The number of hydrogen-bond donors (Lipinski definition) is 2. The van der Waals surface area contributed by atoms with Crippen molar-refractivity contribution in [3.8, 4) is 5.75 Å². The van der Waals surface area contributed by atoms with E-state index in [1.54, 1.807) is 6.21 Å². The van der Waals surface area contributed by atoms with E-state index < -0.39 is 6.03 Å². The molecule has 7 heteroatoms. The van der Waals surface area contributed by atoms with Crippen LogP contribution in [0.2, 0.25) is 5.02 Å². The molecule has 5 nitrogen and oxygen atoms in total. The second-order valence-corrected chi connectivity index (χ2v) is 7.59. The van der Waals surface area contributed by atoms with Crippen LogP contribution in [0.3, 0.4) is 0 Å². The fraction of sp³-hybridized carbons (Fsp3) is 0.0909. The summed E-state index contributed by atoms with van der Waals surface area (Å²) in [7, 11) is 0. The van der Waals surface area contributed by atoms with Crippen LogP contribution in [0.5, 0.6) is 5.75 Å². The van der Waals surface area contributed by atoms with Crippen LogP contribution >= 0.6 is 27.5 Å². The number of carbonyl (C=O) groups excluding carboxylic acids is 1. The molecule has 2 amide bonds. The van der Waals surface area contributed by atoms with Crippen LogP contribution in [0, 0.1) is 6.92 Å². The summed E-state index contributed by atoms with van der Waals surface area (Å²) in [5.41, 5.74) is 5.89. The molecule has 2 N–H and O–H groups in total. The van der Waals surface area contributed by atoms with Gasteiger partial charge in [0.2, 0.25) is 0 Å². The molecule has 0 radical (unpaired) electrons. The Balaban J connectivity index is 1.63. The summed E-state index contributed by atoms with van der Waals surface area (Å²) in [5.74, 6) is 0.646. The van der Waals surface area contributed by atoms with Crippen LogP contribution in [-0.4, -0.2) is 12.2 Å². The monoisotopic (exact) mass is 471 g/mol. The van der Waals surface area contributed by atoms with Crippen molar-refractivity contribution >= 4 is 45.5 Å². The maximum Gasteiger partial charge on any atom is 0.339 e. The lowest BCUT2D eigenvalue weighted by Crippen LogP contribution is -2.24. The fourth-order valence-corrected chi connectivity index (χ4v) is 3.02. The van der Waals surface area contributed by atoms with Crippen molar-refractivity contribution in [1.82, 2.24) is 5.43 Å². The van der Waals surface area contributed by atoms with Crippen molar-refractivity contribution in [3.05, 3.63) is 92.9 Å². The first-order valence-corrected chi connectivity index (χ1v) is 10.0. The quantitative estimate of drug-likeness (QED) is 0.334. The number of benzene rings is 3. The lowest BCUT2D eigenvalue weighted by atomic mass is 10.2. The Kier molecular flexibility index (Phi) is 7.27. The Bertz CT molecular complexity index is 1020. The largest absolute Gasteiger partial charge is 0.488 e. The van der Waals surface area contributed by atoms with Gasteiger partial charge in [-0.1, -0.05) is 57.9 Å². The maximum absolute atomic E-state index is 12.1. The minimum atomic E-state index is -0.422. The predicted octanol–water partition coefficient (Wildman–Crippen LogP) is 6.15. The number of rotatable bonds is 6. The Morgan fingerprint density at radius 2 is 1.90 bits per heavy atom. The van der Waals surface area contributed by atoms with E-state index in [1.165, 1.54) is 0 Å². The first-order chi connectivity index (χ1) is 14.0. The third kappa shape index (κ3) is 6.34. The minimum absolute atomic E-state index is 0.390. The first kappa shape index (κ1) is 20.9. The second kappa shape index (κ2) is 10.1. The van der Waals surface area contributed by atoms with Gasteiger partial charge >= 0.3 is 6.03 Å². The van der Waals surface area contributed by atoms with Gasteiger partial charge in [-0.2, -0.15) is 5.10 Å². The van der Waals surface area contributed by atoms with Crippen molar-refractivity contribution in [2.24, 2.45) is 5.10 Å². The molecule has 29 heavy (non-hydrogen) atoms. The molecule has 0 heterocycles. The van der Waals surface area contributed by atoms with Crippen LogP contribution in [0.4, 0.5) is 10.5 Å².